The van der Waals surface area contributed by atoms with E-state index in [2.05, 4.69) is 9.88 Å². The van der Waals surface area contributed by atoms with Crippen LogP contribution in [0.1, 0.15) is 78.4 Å². The number of benzene rings is 1. The quantitative estimate of drug-likeness (QED) is 0.332. The lowest BCUT2D eigenvalue weighted by molar-refractivity contribution is -0.138. The molecule has 9 nitrogen and oxygen atoms in total. The molecule has 2 aliphatic heterocycles. The van der Waals surface area contributed by atoms with Crippen molar-refractivity contribution in [3.63, 3.8) is 0 Å². The van der Waals surface area contributed by atoms with Gasteiger partial charge in [0.1, 0.15) is 11.9 Å². The van der Waals surface area contributed by atoms with Gasteiger partial charge in [0.15, 0.2) is 0 Å². The van der Waals surface area contributed by atoms with Gasteiger partial charge < -0.3 is 20.1 Å². The van der Waals surface area contributed by atoms with Crippen LogP contribution in [0.25, 0.3) is 0 Å². The maximum atomic E-state index is 14.5. The molecule has 3 N–H and O–H groups in total. The number of rotatable bonds is 6. The van der Waals surface area contributed by atoms with Gasteiger partial charge in [-0.15, -0.1) is 0 Å². The van der Waals surface area contributed by atoms with Crippen molar-refractivity contribution in [2.75, 3.05) is 6.26 Å². The largest absolute Gasteiger partial charge is 0.773 e. The highest BCUT2D eigenvalue weighted by atomic mass is 35.5. The number of primary amides is 1. The Bertz CT molecular complexity index is 1290. The molecule has 3 aliphatic rings. The van der Waals surface area contributed by atoms with Crippen LogP contribution in [-0.4, -0.2) is 60.1 Å². The van der Waals surface area contributed by atoms with Crippen LogP contribution < -0.4 is 10.5 Å². The predicted molar refractivity (Wildman–Crippen MR) is 145 cm³/mol. The lowest BCUT2D eigenvalue weighted by Crippen LogP contribution is -2.46. The molecular formula is C27H31ClF4N3O6S-. The van der Waals surface area contributed by atoms with Crippen molar-refractivity contribution in [3.8, 4) is 5.88 Å². The molecule has 4 atom stereocenters. The number of carboxylic acid groups (broad SMARTS) is 1. The van der Waals surface area contributed by atoms with Crippen LogP contribution in [0, 0.1) is 5.82 Å². The van der Waals surface area contributed by atoms with E-state index in [0.717, 1.165) is 62.3 Å². The molecule has 3 heterocycles. The van der Waals surface area contributed by atoms with Gasteiger partial charge in [0.2, 0.25) is 5.88 Å². The van der Waals surface area contributed by atoms with Crippen LogP contribution in [0.3, 0.4) is 0 Å². The second-order valence-corrected chi connectivity index (χ2v) is 11.6. The van der Waals surface area contributed by atoms with Crippen LogP contribution in [0.2, 0.25) is 5.02 Å². The molecule has 1 saturated carbocycles. The third-order valence-electron chi connectivity index (χ3n) is 7.13. The van der Waals surface area contributed by atoms with Crippen molar-refractivity contribution in [2.24, 2.45) is 5.73 Å². The van der Waals surface area contributed by atoms with Crippen molar-refractivity contribution in [3.05, 3.63) is 57.5 Å². The van der Waals surface area contributed by atoms with Crippen LogP contribution in [0.15, 0.2) is 24.4 Å². The van der Waals surface area contributed by atoms with E-state index in [0.29, 0.717) is 25.3 Å². The molecule has 1 amide bonds. The van der Waals surface area contributed by atoms with Gasteiger partial charge in [-0.3, -0.25) is 18.7 Å². The molecule has 0 spiro atoms. The van der Waals surface area contributed by atoms with Crippen molar-refractivity contribution >= 4 is 34.6 Å². The molecule has 1 aliphatic carbocycles. The summed E-state index contributed by atoms with van der Waals surface area (Å²) in [5, 5.41) is 6.95. The fourth-order valence-electron chi connectivity index (χ4n) is 5.38. The molecule has 2 saturated heterocycles. The maximum Gasteiger partial charge on any atom is 0.418 e. The van der Waals surface area contributed by atoms with Gasteiger partial charge in [-0.25, -0.2) is 9.37 Å². The summed E-state index contributed by atoms with van der Waals surface area (Å²) in [6.45, 7) is 1.64. The van der Waals surface area contributed by atoms with E-state index in [1.807, 2.05) is 0 Å². The molecule has 1 aromatic heterocycles. The van der Waals surface area contributed by atoms with Gasteiger partial charge in [0, 0.05) is 31.6 Å². The molecule has 2 unspecified atom stereocenters. The first-order valence-corrected chi connectivity index (χ1v) is 14.9. The number of aliphatic carboxylic acids is 1. The molecule has 0 radical (unpaired) electrons. The molecule has 2 aromatic rings. The Labute approximate surface area is 247 Å². The van der Waals surface area contributed by atoms with E-state index < -0.39 is 45.5 Å². The minimum atomic E-state index is -4.58. The number of hydrogen-bond donors (Lipinski definition) is 2. The summed E-state index contributed by atoms with van der Waals surface area (Å²) < 4.78 is 77.9. The summed E-state index contributed by atoms with van der Waals surface area (Å²) >= 11 is 3.80. The summed E-state index contributed by atoms with van der Waals surface area (Å²) in [6, 6.07) is 4.23. The second kappa shape index (κ2) is 14.1. The number of carbonyl (C=O) groups is 2. The zero-order chi connectivity index (χ0) is 31.4. The number of nitrogens with zero attached hydrogens (tertiary/aromatic N) is 2. The number of hydrogen-bond acceptors (Lipinski definition) is 7. The van der Waals surface area contributed by atoms with E-state index in [9.17, 15) is 22.4 Å². The number of halogens is 5. The maximum absolute atomic E-state index is 14.5. The SMILES string of the molecule is CC(=O)O.CS(=O)[O-].NC(=O)c1cc(C2CC2)c(CN2[C@@H]3CC[C@H]2CC(Oc2cc(C(F)(F)F)c(Cl)cn2)C3)cc1F. The lowest BCUT2D eigenvalue weighted by Gasteiger charge is -2.39. The summed E-state index contributed by atoms with van der Waals surface area (Å²) in [4.78, 5) is 26.9. The minimum absolute atomic E-state index is 0.0746. The molecule has 15 heteroatoms. The number of aromatic nitrogens is 1. The van der Waals surface area contributed by atoms with Gasteiger partial charge >= 0.3 is 6.18 Å². The summed E-state index contributed by atoms with van der Waals surface area (Å²) in [6.07, 6.45) is 2.37. The van der Waals surface area contributed by atoms with Gasteiger partial charge in [0.05, 0.1) is 22.3 Å². The Morgan fingerprint density at radius 2 is 1.74 bits per heavy atom. The summed E-state index contributed by atoms with van der Waals surface area (Å²) in [5.41, 5.74) is 6.15. The number of alkyl halides is 3. The third kappa shape index (κ3) is 9.35. The molecular weight excluding hydrogens is 606 g/mol. The number of fused-ring (bicyclic) bond motifs is 2. The molecule has 2 bridgehead atoms. The summed E-state index contributed by atoms with van der Waals surface area (Å²) in [7, 11) is 0. The highest BCUT2D eigenvalue weighted by molar-refractivity contribution is 7.78. The number of piperidine rings is 1. The number of carboxylic acids is 1. The Morgan fingerprint density at radius 1 is 1.19 bits per heavy atom. The van der Waals surface area contributed by atoms with Crippen LogP contribution in [-0.2, 0) is 28.6 Å². The van der Waals surface area contributed by atoms with E-state index in [-0.39, 0.29) is 29.6 Å². The highest BCUT2D eigenvalue weighted by Crippen LogP contribution is 2.45. The van der Waals surface area contributed by atoms with Crippen LogP contribution >= 0.6 is 11.6 Å². The van der Waals surface area contributed by atoms with Crippen LogP contribution in [0.5, 0.6) is 5.88 Å². The average molecular weight is 637 g/mol. The van der Waals surface area contributed by atoms with E-state index in [1.54, 1.807) is 6.07 Å². The molecule has 3 fully saturated rings. The van der Waals surface area contributed by atoms with E-state index in [4.69, 9.17) is 40.7 Å². The number of ether oxygens (including phenoxy) is 1. The molecule has 232 valence electrons. The zero-order valence-corrected chi connectivity index (χ0v) is 24.4. The number of pyridine rings is 1. The average Bonchev–Trinajstić information content (AvgIpc) is 3.66. The van der Waals surface area contributed by atoms with E-state index >= 15 is 0 Å². The number of amides is 1. The van der Waals surface area contributed by atoms with E-state index in [1.165, 1.54) is 6.07 Å². The fraction of sp³-hybridized carbons (Fsp3) is 0.519. The fourth-order valence-corrected chi connectivity index (χ4v) is 5.59. The van der Waals surface area contributed by atoms with Crippen molar-refractivity contribution < 1.29 is 45.8 Å². The first kappa shape index (κ1) is 33.7. The Kier molecular flexibility index (Phi) is 11.3. The van der Waals surface area contributed by atoms with Crippen molar-refractivity contribution in [1.29, 1.82) is 0 Å². The number of carbonyl (C=O) groups excluding carboxylic acids is 1. The first-order chi connectivity index (χ1) is 19.6. The van der Waals surface area contributed by atoms with Gasteiger partial charge in [0.25, 0.3) is 11.9 Å². The molecule has 42 heavy (non-hydrogen) atoms. The highest BCUT2D eigenvalue weighted by Gasteiger charge is 2.43. The number of nitrogens with two attached hydrogens (primary N) is 1. The van der Waals surface area contributed by atoms with Gasteiger partial charge in [-0.1, -0.05) is 22.7 Å². The van der Waals surface area contributed by atoms with Gasteiger partial charge in [-0.2, -0.15) is 13.2 Å². The summed E-state index contributed by atoms with van der Waals surface area (Å²) in [5.74, 6) is -1.97. The monoisotopic (exact) mass is 636 g/mol. The Hall–Kier alpha value is -2.81. The van der Waals surface area contributed by atoms with Crippen molar-refractivity contribution in [1.82, 2.24) is 9.88 Å². The zero-order valence-electron chi connectivity index (χ0n) is 22.8. The molecule has 5 rings (SSSR count). The standard InChI is InChI=1S/C24H24ClF4N3O2.C2H4O2.CH4O2S/c25-20-10-31-22(9-19(20)24(27,28)29)34-16-6-14-3-4-15(7-16)32(14)11-13-5-21(26)18(23(30)33)8-17(13)12-1-2-12;1-2(3)4;1-4(2)3/h5,8-10,12,14-16H,1-4,6-7,11H2,(H2,30,33);1H3,(H,3,4);1H3,(H,2,3)/p-1/t14-,15+,16?;;. The topological polar surface area (TPSA) is 146 Å². The predicted octanol–water partition coefficient (Wildman–Crippen LogP) is 5.03. The Morgan fingerprint density at radius 3 is 2.21 bits per heavy atom. The minimum Gasteiger partial charge on any atom is -0.773 e. The third-order valence-corrected chi connectivity index (χ3v) is 7.43. The normalized spacial score (nSPS) is 22.2. The molecule has 1 aromatic carbocycles. The lowest BCUT2D eigenvalue weighted by atomic mass is 9.95. The first-order valence-electron chi connectivity index (χ1n) is 13.0. The smallest absolute Gasteiger partial charge is 0.418 e. The second-order valence-electron chi connectivity index (χ2n) is 10.4. The van der Waals surface area contributed by atoms with Crippen molar-refractivity contribution in [2.45, 2.75) is 82.3 Å². The Balaban J connectivity index is 0.000000540. The van der Waals surface area contributed by atoms with Crippen LogP contribution in [0.4, 0.5) is 17.6 Å². The van der Waals surface area contributed by atoms with Gasteiger partial charge in [-0.05, 0) is 74.0 Å².